The lowest BCUT2D eigenvalue weighted by atomic mass is 9.90. The third-order valence-electron chi connectivity index (χ3n) is 6.32. The van der Waals surface area contributed by atoms with Crippen LogP contribution in [0, 0.1) is 11.8 Å². The number of likely N-dealkylation sites (N-methyl/N-ethyl adjacent to an activating group) is 1. The number of aromatic nitrogens is 1. The maximum atomic E-state index is 7.49. The van der Waals surface area contributed by atoms with Crippen LogP contribution in [-0.4, -0.2) is 58.4 Å². The van der Waals surface area contributed by atoms with E-state index >= 15 is 0 Å². The maximum Gasteiger partial charge on any atom is 0.176 e. The summed E-state index contributed by atoms with van der Waals surface area (Å²) in [5.41, 5.74) is 3.72. The van der Waals surface area contributed by atoms with Gasteiger partial charge in [0.1, 0.15) is 12.4 Å². The summed E-state index contributed by atoms with van der Waals surface area (Å²) in [7, 11) is -0.585. The number of benzene rings is 1. The molecular formula is C24H30N4O2S. The van der Waals surface area contributed by atoms with Crippen LogP contribution in [0.4, 0.5) is 5.69 Å². The summed E-state index contributed by atoms with van der Waals surface area (Å²) in [5, 5.41) is 6.96. The number of hydrogen-bond acceptors (Lipinski definition) is 7. The molecule has 2 aromatic heterocycles. The number of thiophene rings is 1. The number of pyridine rings is 1. The van der Waals surface area contributed by atoms with E-state index in [1.165, 1.54) is 17.8 Å². The van der Waals surface area contributed by atoms with Crippen LogP contribution in [0.15, 0.2) is 36.4 Å². The Morgan fingerprint density at radius 3 is 2.94 bits per heavy atom. The highest BCUT2D eigenvalue weighted by Gasteiger charge is 2.35. The Balaban J connectivity index is 1.50. The van der Waals surface area contributed by atoms with Crippen molar-refractivity contribution in [2.24, 2.45) is 11.8 Å². The topological polar surface area (TPSA) is 58.7 Å². The molecule has 2 aliphatic heterocycles. The molecule has 1 aromatic carbocycles. The molecule has 2 saturated heterocycles. The lowest BCUT2D eigenvalue weighted by molar-refractivity contribution is 0.318. The van der Waals surface area contributed by atoms with E-state index < -0.39 is 7.04 Å². The quantitative estimate of drug-likeness (QED) is 0.546. The number of hydrogen-bond donors (Lipinski definition) is 2. The third kappa shape index (κ3) is 4.22. The van der Waals surface area contributed by atoms with E-state index in [4.69, 9.17) is 18.6 Å². The predicted molar refractivity (Wildman–Crippen MR) is 128 cm³/mol. The van der Waals surface area contributed by atoms with Crippen molar-refractivity contribution < 1.29 is 13.6 Å². The van der Waals surface area contributed by atoms with Gasteiger partial charge in [-0.05, 0) is 68.7 Å². The van der Waals surface area contributed by atoms with Crippen LogP contribution in [0.1, 0.15) is 10.5 Å². The molecule has 0 amide bonds. The minimum absolute atomic E-state index is 0.368. The summed E-state index contributed by atoms with van der Waals surface area (Å²) >= 11 is 1.36. The highest BCUT2D eigenvalue weighted by molar-refractivity contribution is 7.21. The molecule has 7 heteroatoms. The molecule has 2 N–H and O–H groups in total. The summed E-state index contributed by atoms with van der Waals surface area (Å²) < 4.78 is 34.4. The van der Waals surface area contributed by atoms with Crippen molar-refractivity contribution in [3.63, 3.8) is 0 Å². The molecule has 2 aliphatic rings. The van der Waals surface area contributed by atoms with Gasteiger partial charge in [0.05, 0.1) is 32.7 Å². The second-order valence-electron chi connectivity index (χ2n) is 8.30. The largest absolute Gasteiger partial charge is 0.492 e. The predicted octanol–water partition coefficient (Wildman–Crippen LogP) is 3.62. The molecule has 0 aliphatic carbocycles. The van der Waals surface area contributed by atoms with E-state index in [1.54, 1.807) is 6.07 Å². The highest BCUT2D eigenvalue weighted by Crippen LogP contribution is 2.42. The zero-order valence-corrected chi connectivity index (χ0v) is 18.5. The molecule has 2 atom stereocenters. The maximum absolute atomic E-state index is 7.49. The van der Waals surface area contributed by atoms with Gasteiger partial charge in [0, 0.05) is 31.3 Å². The van der Waals surface area contributed by atoms with Crippen molar-refractivity contribution in [1.82, 2.24) is 15.6 Å². The number of nitrogens with one attached hydrogen (secondary N) is 2. The van der Waals surface area contributed by atoms with Gasteiger partial charge in [0.2, 0.25) is 0 Å². The van der Waals surface area contributed by atoms with E-state index in [2.05, 4.69) is 21.6 Å². The van der Waals surface area contributed by atoms with Gasteiger partial charge in [-0.1, -0.05) is 11.3 Å². The molecule has 0 saturated carbocycles. The zero-order chi connectivity index (χ0) is 23.7. The first-order chi connectivity index (χ1) is 16.4. The Labute approximate surface area is 191 Å². The molecule has 0 bridgehead atoms. The van der Waals surface area contributed by atoms with Crippen LogP contribution in [-0.2, 0) is 0 Å². The van der Waals surface area contributed by atoms with E-state index in [-0.39, 0.29) is 0 Å². The highest BCUT2D eigenvalue weighted by atomic mass is 32.1. The van der Waals surface area contributed by atoms with Crippen molar-refractivity contribution >= 4 is 27.2 Å². The first kappa shape index (κ1) is 17.2. The van der Waals surface area contributed by atoms with Gasteiger partial charge in [-0.25, -0.2) is 4.98 Å². The van der Waals surface area contributed by atoms with E-state index in [9.17, 15) is 0 Å². The number of fused-ring (bicyclic) bond motifs is 2. The van der Waals surface area contributed by atoms with Crippen LogP contribution >= 0.6 is 11.3 Å². The summed E-state index contributed by atoms with van der Waals surface area (Å²) in [6, 6.07) is 11.9. The molecule has 164 valence electrons. The first-order valence-corrected chi connectivity index (χ1v) is 11.7. The molecule has 6 nitrogen and oxygen atoms in total. The minimum Gasteiger partial charge on any atom is -0.492 e. The van der Waals surface area contributed by atoms with Crippen molar-refractivity contribution in [2.75, 3.05) is 58.3 Å². The molecular weight excluding hydrogens is 408 g/mol. The Morgan fingerprint density at radius 2 is 2.13 bits per heavy atom. The van der Waals surface area contributed by atoms with Gasteiger partial charge >= 0.3 is 0 Å². The number of piperidine rings is 1. The molecule has 31 heavy (non-hydrogen) atoms. The van der Waals surface area contributed by atoms with Gasteiger partial charge in [0.25, 0.3) is 0 Å². The molecule has 0 unspecified atom stereocenters. The fourth-order valence-corrected chi connectivity index (χ4v) is 5.59. The van der Waals surface area contributed by atoms with Crippen LogP contribution in [0.2, 0.25) is 0 Å². The van der Waals surface area contributed by atoms with Gasteiger partial charge in [-0.2, -0.15) is 0 Å². The van der Waals surface area contributed by atoms with Crippen LogP contribution in [0.3, 0.4) is 0 Å². The van der Waals surface area contributed by atoms with Gasteiger partial charge in [0.15, 0.2) is 5.06 Å². The molecule has 0 spiro atoms. The van der Waals surface area contributed by atoms with Crippen LogP contribution in [0.5, 0.6) is 10.8 Å². The smallest absolute Gasteiger partial charge is 0.176 e. The molecule has 5 rings (SSSR count). The molecule has 3 aromatic rings. The lowest BCUT2D eigenvalue weighted by Gasteiger charge is -2.23. The van der Waals surface area contributed by atoms with Crippen LogP contribution in [0.25, 0.3) is 21.5 Å². The fourth-order valence-electron chi connectivity index (χ4n) is 4.68. The number of anilines is 1. The van der Waals surface area contributed by atoms with E-state index in [0.717, 1.165) is 65.6 Å². The van der Waals surface area contributed by atoms with Gasteiger partial charge < -0.3 is 25.0 Å². The lowest BCUT2D eigenvalue weighted by Crippen LogP contribution is -2.35. The number of ether oxygens (including phenoxy) is 2. The SMILES string of the molecule is [2H]C([2H])([2H])Oc1cc2nc(-c3ccc(OCCNC)cc3)cc(N3C[C@H]4CNCC[C@H]4C3)c2s1. The summed E-state index contributed by atoms with van der Waals surface area (Å²) in [4.78, 5) is 7.33. The molecule has 0 radical (unpaired) electrons. The summed E-state index contributed by atoms with van der Waals surface area (Å²) in [6.07, 6.45) is 1.19. The Kier molecular flexibility index (Phi) is 5.02. The number of rotatable bonds is 7. The second-order valence-corrected chi connectivity index (χ2v) is 9.32. The van der Waals surface area contributed by atoms with Crippen molar-refractivity contribution in [2.45, 2.75) is 6.42 Å². The minimum atomic E-state index is -2.48. The Morgan fingerprint density at radius 1 is 1.26 bits per heavy atom. The normalized spacial score (nSPS) is 22.6. The van der Waals surface area contributed by atoms with E-state index in [1.807, 2.05) is 31.3 Å². The fraction of sp³-hybridized carbons (Fsp3) is 0.458. The third-order valence-corrected chi connectivity index (χ3v) is 7.35. The average Bonchev–Trinajstić information content (AvgIpc) is 3.41. The van der Waals surface area contributed by atoms with E-state index in [0.29, 0.717) is 23.5 Å². The average molecular weight is 442 g/mol. The first-order valence-electron chi connectivity index (χ1n) is 12.4. The molecule has 2 fully saturated rings. The second kappa shape index (κ2) is 9.02. The summed E-state index contributed by atoms with van der Waals surface area (Å²) in [6.45, 7) is 5.52. The van der Waals surface area contributed by atoms with Crippen LogP contribution < -0.4 is 25.0 Å². The summed E-state index contributed by atoms with van der Waals surface area (Å²) in [5.74, 6) is 2.13. The van der Waals surface area contributed by atoms with Gasteiger partial charge in [-0.3, -0.25) is 0 Å². The molecule has 4 heterocycles. The van der Waals surface area contributed by atoms with Crippen molar-refractivity contribution in [1.29, 1.82) is 0 Å². The van der Waals surface area contributed by atoms with Crippen molar-refractivity contribution in [3.8, 4) is 22.1 Å². The number of nitrogens with zero attached hydrogens (tertiary/aromatic N) is 2. The standard InChI is InChI=1S/C24H30N4O2S/c1-25-9-10-30-19-5-3-16(4-6-19)20-11-22(24-21(27-20)12-23(29-2)31-24)28-14-17-7-8-26-13-18(17)15-28/h3-6,11-12,17-18,25-26H,7-10,13-15H2,1-2H3/t17-,18+/m0/s1/i2D3. The number of methoxy groups -OCH3 is 1. The zero-order valence-electron chi connectivity index (χ0n) is 20.7. The Hall–Kier alpha value is -2.35. The van der Waals surface area contributed by atoms with Crippen molar-refractivity contribution in [3.05, 3.63) is 36.4 Å². The monoisotopic (exact) mass is 441 g/mol. The van der Waals surface area contributed by atoms with Gasteiger partial charge in [-0.15, -0.1) is 0 Å². The Bertz CT molecular complexity index is 1120.